The van der Waals surface area contributed by atoms with Crippen LogP contribution in [0.3, 0.4) is 0 Å². The van der Waals surface area contributed by atoms with E-state index in [0.717, 1.165) is 16.8 Å². The SMILES string of the molecule is CCNC(=O)[C@@H](C)Sc1nc2ccccc2c(=O)n1-c1cccc(C)c1C. The van der Waals surface area contributed by atoms with Gasteiger partial charge in [-0.3, -0.25) is 14.2 Å². The quantitative estimate of drug-likeness (QED) is 0.542. The van der Waals surface area contributed by atoms with Crippen molar-refractivity contribution in [3.05, 3.63) is 63.9 Å². The number of hydrogen-bond donors (Lipinski definition) is 1. The third-order valence-corrected chi connectivity index (χ3v) is 5.62. The van der Waals surface area contributed by atoms with Crippen molar-refractivity contribution in [3.8, 4) is 5.69 Å². The summed E-state index contributed by atoms with van der Waals surface area (Å²) in [5, 5.41) is 3.54. The lowest BCUT2D eigenvalue weighted by Gasteiger charge is -2.18. The molecule has 1 amide bonds. The summed E-state index contributed by atoms with van der Waals surface area (Å²) >= 11 is 1.30. The summed E-state index contributed by atoms with van der Waals surface area (Å²) in [5.41, 5.74) is 3.42. The van der Waals surface area contributed by atoms with Crippen LogP contribution in [-0.2, 0) is 4.79 Å². The molecular formula is C21H23N3O2S. The molecular weight excluding hydrogens is 358 g/mol. The van der Waals surface area contributed by atoms with Crippen LogP contribution in [0.15, 0.2) is 52.4 Å². The van der Waals surface area contributed by atoms with E-state index in [1.54, 1.807) is 10.6 Å². The first-order valence-electron chi connectivity index (χ1n) is 8.96. The molecule has 3 rings (SSSR count). The third kappa shape index (κ3) is 3.76. The normalized spacial score (nSPS) is 12.1. The van der Waals surface area contributed by atoms with E-state index in [1.165, 1.54) is 11.8 Å². The van der Waals surface area contributed by atoms with Crippen LogP contribution in [0.2, 0.25) is 0 Å². The van der Waals surface area contributed by atoms with Gasteiger partial charge in [0.05, 0.1) is 21.8 Å². The highest BCUT2D eigenvalue weighted by Crippen LogP contribution is 2.27. The fraction of sp³-hybridized carbons (Fsp3) is 0.286. The van der Waals surface area contributed by atoms with Gasteiger partial charge in [0.25, 0.3) is 5.56 Å². The first kappa shape index (κ1) is 19.2. The monoisotopic (exact) mass is 381 g/mol. The highest BCUT2D eigenvalue weighted by atomic mass is 32.2. The number of aryl methyl sites for hydroxylation is 1. The van der Waals surface area contributed by atoms with Crippen LogP contribution in [-0.4, -0.2) is 27.3 Å². The van der Waals surface area contributed by atoms with Crippen molar-refractivity contribution in [2.24, 2.45) is 0 Å². The molecule has 0 aliphatic carbocycles. The van der Waals surface area contributed by atoms with E-state index in [2.05, 4.69) is 5.32 Å². The average molecular weight is 382 g/mol. The Morgan fingerprint density at radius 3 is 2.67 bits per heavy atom. The number of aromatic nitrogens is 2. The van der Waals surface area contributed by atoms with Crippen molar-refractivity contribution >= 4 is 28.6 Å². The predicted octanol–water partition coefficient (Wildman–Crippen LogP) is 3.62. The van der Waals surface area contributed by atoms with E-state index in [9.17, 15) is 9.59 Å². The zero-order chi connectivity index (χ0) is 19.6. The van der Waals surface area contributed by atoms with Gasteiger partial charge < -0.3 is 5.32 Å². The number of nitrogens with zero attached hydrogens (tertiary/aromatic N) is 2. The molecule has 1 heterocycles. The van der Waals surface area contributed by atoms with Crippen molar-refractivity contribution in [2.75, 3.05) is 6.54 Å². The Bertz CT molecular complexity index is 1060. The minimum Gasteiger partial charge on any atom is -0.355 e. The Kier molecular flexibility index (Phi) is 5.65. The van der Waals surface area contributed by atoms with Crippen molar-refractivity contribution in [3.63, 3.8) is 0 Å². The maximum absolute atomic E-state index is 13.3. The molecule has 2 aromatic carbocycles. The number of carbonyl (C=O) groups excluding carboxylic acids is 1. The van der Waals surface area contributed by atoms with Crippen molar-refractivity contribution in [2.45, 2.75) is 38.1 Å². The van der Waals surface area contributed by atoms with Gasteiger partial charge in [0.15, 0.2) is 5.16 Å². The number of rotatable bonds is 5. The number of para-hydroxylation sites is 1. The number of benzene rings is 2. The summed E-state index contributed by atoms with van der Waals surface area (Å²) in [5.74, 6) is -0.0718. The topological polar surface area (TPSA) is 64.0 Å². The molecule has 140 valence electrons. The van der Waals surface area contributed by atoms with Crippen molar-refractivity contribution in [1.82, 2.24) is 14.9 Å². The van der Waals surface area contributed by atoms with Gasteiger partial charge >= 0.3 is 0 Å². The van der Waals surface area contributed by atoms with Crippen LogP contribution in [0.1, 0.15) is 25.0 Å². The summed E-state index contributed by atoms with van der Waals surface area (Å²) in [6.07, 6.45) is 0. The molecule has 0 unspecified atom stereocenters. The molecule has 0 fully saturated rings. The van der Waals surface area contributed by atoms with Crippen LogP contribution in [0.5, 0.6) is 0 Å². The van der Waals surface area contributed by atoms with Crippen LogP contribution < -0.4 is 10.9 Å². The smallest absolute Gasteiger partial charge is 0.266 e. The number of amides is 1. The van der Waals surface area contributed by atoms with E-state index >= 15 is 0 Å². The summed E-state index contributed by atoms with van der Waals surface area (Å²) in [6, 6.07) is 13.2. The molecule has 0 saturated heterocycles. The minimum atomic E-state index is -0.366. The molecule has 0 aliphatic heterocycles. The van der Waals surface area contributed by atoms with Crippen molar-refractivity contribution < 1.29 is 4.79 Å². The molecule has 0 aliphatic rings. The molecule has 0 bridgehead atoms. The Labute approximate surface area is 162 Å². The second kappa shape index (κ2) is 7.96. The zero-order valence-electron chi connectivity index (χ0n) is 15.9. The van der Waals surface area contributed by atoms with Crippen molar-refractivity contribution in [1.29, 1.82) is 0 Å². The zero-order valence-corrected chi connectivity index (χ0v) is 16.8. The van der Waals surface area contributed by atoms with Gasteiger partial charge in [0.2, 0.25) is 5.91 Å². The first-order chi connectivity index (χ1) is 12.9. The Morgan fingerprint density at radius 1 is 1.19 bits per heavy atom. The maximum Gasteiger partial charge on any atom is 0.266 e. The number of fused-ring (bicyclic) bond motifs is 1. The molecule has 6 heteroatoms. The van der Waals surface area contributed by atoms with E-state index in [0.29, 0.717) is 22.6 Å². The van der Waals surface area contributed by atoms with Crippen LogP contribution >= 0.6 is 11.8 Å². The van der Waals surface area contributed by atoms with Crippen LogP contribution in [0, 0.1) is 13.8 Å². The fourth-order valence-corrected chi connectivity index (χ4v) is 3.86. The van der Waals surface area contributed by atoms with Gasteiger partial charge in [0.1, 0.15) is 0 Å². The molecule has 0 radical (unpaired) electrons. The second-order valence-corrected chi connectivity index (χ2v) is 7.73. The maximum atomic E-state index is 13.3. The fourth-order valence-electron chi connectivity index (χ4n) is 2.91. The van der Waals surface area contributed by atoms with Crippen LogP contribution in [0.4, 0.5) is 0 Å². The molecule has 1 N–H and O–H groups in total. The first-order valence-corrected chi connectivity index (χ1v) is 9.84. The number of hydrogen-bond acceptors (Lipinski definition) is 4. The van der Waals surface area contributed by atoms with E-state index in [-0.39, 0.29) is 16.7 Å². The largest absolute Gasteiger partial charge is 0.355 e. The van der Waals surface area contributed by atoms with Gasteiger partial charge in [-0.2, -0.15) is 0 Å². The lowest BCUT2D eigenvalue weighted by atomic mass is 10.1. The number of carbonyl (C=O) groups is 1. The summed E-state index contributed by atoms with van der Waals surface area (Å²) in [4.78, 5) is 30.2. The Morgan fingerprint density at radius 2 is 1.93 bits per heavy atom. The molecule has 3 aromatic rings. The van der Waals surface area contributed by atoms with Gasteiger partial charge in [-0.05, 0) is 57.0 Å². The number of nitrogens with one attached hydrogen (secondary N) is 1. The second-order valence-electron chi connectivity index (χ2n) is 6.43. The van der Waals surface area contributed by atoms with E-state index in [4.69, 9.17) is 4.98 Å². The summed E-state index contributed by atoms with van der Waals surface area (Å²) < 4.78 is 1.63. The van der Waals surface area contributed by atoms with Gasteiger partial charge in [-0.1, -0.05) is 36.0 Å². The van der Waals surface area contributed by atoms with E-state index in [1.807, 2.05) is 64.1 Å². The Hall–Kier alpha value is -2.60. The van der Waals surface area contributed by atoms with Crippen LogP contribution in [0.25, 0.3) is 16.6 Å². The molecule has 27 heavy (non-hydrogen) atoms. The summed E-state index contributed by atoms with van der Waals surface area (Å²) in [7, 11) is 0. The Balaban J connectivity index is 2.23. The standard InChI is InChI=1S/C21H23N3O2S/c1-5-22-19(25)15(4)27-21-23-17-11-7-6-10-16(17)20(26)24(21)18-12-8-9-13(2)14(18)3/h6-12,15H,5H2,1-4H3,(H,22,25)/t15-/m1/s1. The molecule has 1 atom stereocenters. The third-order valence-electron chi connectivity index (χ3n) is 4.56. The van der Waals surface area contributed by atoms with E-state index < -0.39 is 0 Å². The van der Waals surface area contributed by atoms with Gasteiger partial charge in [0, 0.05) is 6.54 Å². The lowest BCUT2D eigenvalue weighted by molar-refractivity contribution is -0.120. The molecule has 0 spiro atoms. The number of thioether (sulfide) groups is 1. The predicted molar refractivity (Wildman–Crippen MR) is 111 cm³/mol. The highest BCUT2D eigenvalue weighted by molar-refractivity contribution is 8.00. The average Bonchev–Trinajstić information content (AvgIpc) is 2.65. The highest BCUT2D eigenvalue weighted by Gasteiger charge is 2.20. The minimum absolute atomic E-state index is 0.0718. The molecule has 1 aromatic heterocycles. The lowest BCUT2D eigenvalue weighted by Crippen LogP contribution is -2.31. The van der Waals surface area contributed by atoms with Gasteiger partial charge in [-0.15, -0.1) is 0 Å². The molecule has 0 saturated carbocycles. The summed E-state index contributed by atoms with van der Waals surface area (Å²) in [6.45, 7) is 8.29. The van der Waals surface area contributed by atoms with Gasteiger partial charge in [-0.25, -0.2) is 4.98 Å². The molecule has 5 nitrogen and oxygen atoms in total.